The van der Waals surface area contributed by atoms with Crippen LogP contribution in [0.5, 0.6) is 0 Å². The first kappa shape index (κ1) is 19.2. The Morgan fingerprint density at radius 1 is 0.957 bits per heavy atom. The first-order chi connectivity index (χ1) is 10.7. The number of hydrogen-bond acceptors (Lipinski definition) is 3. The first-order valence-corrected chi connectivity index (χ1v) is 7.43. The van der Waals surface area contributed by atoms with Crippen LogP contribution in [0.25, 0.3) is 0 Å². The molecule has 2 aromatic carbocycles. The van der Waals surface area contributed by atoms with E-state index >= 15 is 0 Å². The van der Waals surface area contributed by atoms with Crippen LogP contribution in [-0.2, 0) is 17.6 Å². The Hall–Kier alpha value is -1.88. The molecular formula is C18H23ClN2O2. The van der Waals surface area contributed by atoms with Gasteiger partial charge in [0.05, 0.1) is 18.7 Å². The second-order valence-corrected chi connectivity index (χ2v) is 5.37. The normalized spacial score (nSPS) is 12.8. The van der Waals surface area contributed by atoms with Crippen LogP contribution in [0.3, 0.4) is 0 Å². The summed E-state index contributed by atoms with van der Waals surface area (Å²) in [5.41, 5.74) is 8.04. The van der Waals surface area contributed by atoms with Gasteiger partial charge in [0.15, 0.2) is 0 Å². The van der Waals surface area contributed by atoms with Crippen molar-refractivity contribution in [2.75, 3.05) is 6.61 Å². The summed E-state index contributed by atoms with van der Waals surface area (Å²) in [5, 5.41) is 12.3. The molecule has 0 aliphatic rings. The zero-order valence-electron chi connectivity index (χ0n) is 12.9. The summed E-state index contributed by atoms with van der Waals surface area (Å²) in [6.07, 6.45) is 1.07. The van der Waals surface area contributed by atoms with Gasteiger partial charge in [0.25, 0.3) is 0 Å². The highest BCUT2D eigenvalue weighted by atomic mass is 35.5. The predicted molar refractivity (Wildman–Crippen MR) is 94.5 cm³/mol. The van der Waals surface area contributed by atoms with Crippen LogP contribution in [0.4, 0.5) is 0 Å². The average Bonchev–Trinajstić information content (AvgIpc) is 2.56. The van der Waals surface area contributed by atoms with Gasteiger partial charge < -0.3 is 16.2 Å². The summed E-state index contributed by atoms with van der Waals surface area (Å²) in [6.45, 7) is -0.112. The highest BCUT2D eigenvalue weighted by molar-refractivity contribution is 5.85. The maximum absolute atomic E-state index is 12.2. The molecule has 0 spiro atoms. The Morgan fingerprint density at radius 3 is 1.91 bits per heavy atom. The summed E-state index contributed by atoms with van der Waals surface area (Å²) < 4.78 is 0. The molecule has 0 radical (unpaired) electrons. The molecule has 0 bridgehead atoms. The van der Waals surface area contributed by atoms with E-state index in [0.717, 1.165) is 11.1 Å². The molecule has 1 amide bonds. The summed E-state index contributed by atoms with van der Waals surface area (Å²) in [6, 6.07) is 18.5. The van der Waals surface area contributed by atoms with Gasteiger partial charge in [0.1, 0.15) is 0 Å². The number of rotatable bonds is 7. The van der Waals surface area contributed by atoms with E-state index in [1.807, 2.05) is 60.7 Å². The molecule has 124 valence electrons. The second kappa shape index (κ2) is 10.0. The molecule has 4 N–H and O–H groups in total. The molecule has 0 heterocycles. The lowest BCUT2D eigenvalue weighted by atomic mass is 10.0. The van der Waals surface area contributed by atoms with Gasteiger partial charge in [-0.2, -0.15) is 0 Å². The van der Waals surface area contributed by atoms with E-state index in [4.69, 9.17) is 5.73 Å². The molecule has 5 heteroatoms. The number of nitrogens with two attached hydrogens (primary N) is 1. The van der Waals surface area contributed by atoms with Gasteiger partial charge in [0.2, 0.25) is 5.91 Å². The third kappa shape index (κ3) is 6.40. The zero-order chi connectivity index (χ0) is 15.8. The minimum atomic E-state index is -0.618. The second-order valence-electron chi connectivity index (χ2n) is 5.37. The third-order valence-electron chi connectivity index (χ3n) is 3.53. The number of hydrogen-bond donors (Lipinski definition) is 3. The van der Waals surface area contributed by atoms with E-state index in [0.29, 0.717) is 12.8 Å². The number of aliphatic hydroxyl groups is 1. The fraction of sp³-hybridized carbons (Fsp3) is 0.278. The molecule has 23 heavy (non-hydrogen) atoms. The largest absolute Gasteiger partial charge is 0.394 e. The van der Waals surface area contributed by atoms with E-state index in [1.54, 1.807) is 0 Å². The number of halogens is 1. The molecule has 0 fully saturated rings. The van der Waals surface area contributed by atoms with Crippen LogP contribution >= 0.6 is 12.4 Å². The highest BCUT2D eigenvalue weighted by Crippen LogP contribution is 2.05. The van der Waals surface area contributed by atoms with Crippen LogP contribution < -0.4 is 11.1 Å². The minimum absolute atomic E-state index is 0. The molecule has 0 aliphatic heterocycles. The Bertz CT molecular complexity index is 578. The van der Waals surface area contributed by atoms with E-state index in [9.17, 15) is 9.90 Å². The van der Waals surface area contributed by atoms with Crippen LogP contribution in [0.15, 0.2) is 60.7 Å². The Labute approximate surface area is 143 Å². The average molecular weight is 335 g/mol. The topological polar surface area (TPSA) is 75.4 Å². The van der Waals surface area contributed by atoms with Crippen molar-refractivity contribution in [1.29, 1.82) is 0 Å². The molecule has 2 rings (SSSR count). The molecule has 0 saturated heterocycles. The van der Waals surface area contributed by atoms with E-state index < -0.39 is 6.04 Å². The van der Waals surface area contributed by atoms with Crippen molar-refractivity contribution >= 4 is 18.3 Å². The number of carbonyl (C=O) groups excluding carboxylic acids is 1. The molecule has 0 aromatic heterocycles. The molecule has 0 saturated carbocycles. The van der Waals surface area contributed by atoms with E-state index in [-0.39, 0.29) is 31.0 Å². The van der Waals surface area contributed by atoms with E-state index in [1.165, 1.54) is 0 Å². The quantitative estimate of drug-likeness (QED) is 0.721. The molecule has 2 atom stereocenters. The third-order valence-corrected chi connectivity index (χ3v) is 3.53. The maximum Gasteiger partial charge on any atom is 0.237 e. The van der Waals surface area contributed by atoms with Crippen LogP contribution in [-0.4, -0.2) is 29.7 Å². The van der Waals surface area contributed by atoms with Gasteiger partial charge in [-0.3, -0.25) is 4.79 Å². The van der Waals surface area contributed by atoms with Gasteiger partial charge in [-0.05, 0) is 24.0 Å². The van der Waals surface area contributed by atoms with Gasteiger partial charge in [-0.15, -0.1) is 12.4 Å². The van der Waals surface area contributed by atoms with Gasteiger partial charge in [0, 0.05) is 0 Å². The number of nitrogens with one attached hydrogen (secondary N) is 1. The number of amides is 1. The number of benzene rings is 2. The summed E-state index contributed by atoms with van der Waals surface area (Å²) >= 11 is 0. The molecule has 0 unspecified atom stereocenters. The lowest BCUT2D eigenvalue weighted by molar-refractivity contribution is -0.123. The lowest BCUT2D eigenvalue weighted by Crippen LogP contribution is -2.48. The Kier molecular flexibility index (Phi) is 8.33. The maximum atomic E-state index is 12.2. The van der Waals surface area contributed by atoms with Crippen LogP contribution in [0, 0.1) is 0 Å². The zero-order valence-corrected chi connectivity index (χ0v) is 13.7. The molecule has 0 aliphatic carbocycles. The standard InChI is InChI=1S/C18H22N2O2.ClH/c19-17(12-15-9-5-2-6-10-15)18(22)20-16(13-21)11-14-7-3-1-4-8-14;/h1-10,16-17,21H,11-13,19H2,(H,20,22);1H/t16-,17+;/m1./s1. The Balaban J connectivity index is 0.00000264. The fourth-order valence-electron chi connectivity index (χ4n) is 2.33. The highest BCUT2D eigenvalue weighted by Gasteiger charge is 2.18. The predicted octanol–water partition coefficient (Wildman–Crippen LogP) is 1.70. The number of carbonyl (C=O) groups is 1. The smallest absolute Gasteiger partial charge is 0.237 e. The molecule has 4 nitrogen and oxygen atoms in total. The summed E-state index contributed by atoms with van der Waals surface area (Å²) in [5.74, 6) is -0.237. The van der Waals surface area contributed by atoms with Crippen LogP contribution in [0.1, 0.15) is 11.1 Å². The number of aliphatic hydroxyl groups excluding tert-OH is 1. The van der Waals surface area contributed by atoms with Crippen molar-refractivity contribution in [3.63, 3.8) is 0 Å². The van der Waals surface area contributed by atoms with Crippen molar-refractivity contribution in [3.05, 3.63) is 71.8 Å². The van der Waals surface area contributed by atoms with Gasteiger partial charge in [-0.25, -0.2) is 0 Å². The first-order valence-electron chi connectivity index (χ1n) is 7.43. The monoisotopic (exact) mass is 334 g/mol. The van der Waals surface area contributed by atoms with Crippen molar-refractivity contribution in [2.24, 2.45) is 5.73 Å². The molecular weight excluding hydrogens is 312 g/mol. The van der Waals surface area contributed by atoms with Crippen molar-refractivity contribution in [3.8, 4) is 0 Å². The van der Waals surface area contributed by atoms with Gasteiger partial charge in [-0.1, -0.05) is 60.7 Å². The molecule has 2 aromatic rings. The summed E-state index contributed by atoms with van der Waals surface area (Å²) in [4.78, 5) is 12.2. The van der Waals surface area contributed by atoms with Crippen molar-refractivity contribution in [2.45, 2.75) is 24.9 Å². The minimum Gasteiger partial charge on any atom is -0.394 e. The summed E-state index contributed by atoms with van der Waals surface area (Å²) in [7, 11) is 0. The van der Waals surface area contributed by atoms with Gasteiger partial charge >= 0.3 is 0 Å². The van der Waals surface area contributed by atoms with Crippen molar-refractivity contribution in [1.82, 2.24) is 5.32 Å². The fourth-order valence-corrected chi connectivity index (χ4v) is 2.33. The van der Waals surface area contributed by atoms with Crippen molar-refractivity contribution < 1.29 is 9.90 Å². The SMILES string of the molecule is Cl.N[C@@H](Cc1ccccc1)C(=O)N[C@@H](CO)Cc1ccccc1. The van der Waals surface area contributed by atoms with Crippen LogP contribution in [0.2, 0.25) is 0 Å². The van der Waals surface area contributed by atoms with E-state index in [2.05, 4.69) is 5.32 Å². The Morgan fingerprint density at radius 2 is 1.43 bits per heavy atom. The lowest BCUT2D eigenvalue weighted by Gasteiger charge is -2.19.